The molecule has 8 aromatic rings. The molecule has 0 fully saturated rings. The summed E-state index contributed by atoms with van der Waals surface area (Å²) in [5, 5.41) is 4.01. The molecule has 2 aromatic heterocycles. The molecule has 0 saturated carbocycles. The number of aromatic nitrogens is 2. The van der Waals surface area contributed by atoms with E-state index in [2.05, 4.69) is 86.7 Å². The number of fused-ring (bicyclic) bond motifs is 7. The van der Waals surface area contributed by atoms with Crippen molar-refractivity contribution in [2.75, 3.05) is 0 Å². The minimum atomic E-state index is -1.10. The SMILES string of the molecule is CCC1=C/C=C\C(CC(=O)Oc2ccccc2)(CC2(CC(=O)Oc3ccccc3)c3cc4ccccc4cc3-c3nc4ccccc4cc32)c2cc3ccccc3nc2C(CC)=C1. The van der Waals surface area contributed by atoms with E-state index in [4.69, 9.17) is 19.4 Å². The molecule has 0 aliphatic heterocycles. The largest absolute Gasteiger partial charge is 0.426 e. The van der Waals surface area contributed by atoms with Crippen LogP contribution in [0.2, 0.25) is 0 Å². The molecule has 10 rings (SSSR count). The van der Waals surface area contributed by atoms with Gasteiger partial charge in [0.15, 0.2) is 0 Å². The Hall–Kier alpha value is -7.44. The molecule has 2 atom stereocenters. The Labute approximate surface area is 367 Å². The first-order valence-corrected chi connectivity index (χ1v) is 21.8. The van der Waals surface area contributed by atoms with Crippen LogP contribution in [0.5, 0.6) is 11.5 Å². The number of benzene rings is 6. The highest BCUT2D eigenvalue weighted by atomic mass is 16.5. The van der Waals surface area contributed by atoms with Gasteiger partial charge in [0.25, 0.3) is 0 Å². The Morgan fingerprint density at radius 3 is 1.68 bits per heavy atom. The van der Waals surface area contributed by atoms with Crippen molar-refractivity contribution in [2.24, 2.45) is 0 Å². The number of hydrogen-bond acceptors (Lipinski definition) is 6. The first-order valence-electron chi connectivity index (χ1n) is 21.8. The van der Waals surface area contributed by atoms with Crippen molar-refractivity contribution in [3.05, 3.63) is 210 Å². The maximum absolute atomic E-state index is 14.9. The average Bonchev–Trinajstić information content (AvgIpc) is 3.57. The van der Waals surface area contributed by atoms with Crippen molar-refractivity contribution in [3.8, 4) is 22.8 Å². The van der Waals surface area contributed by atoms with E-state index in [1.165, 1.54) is 0 Å². The summed E-state index contributed by atoms with van der Waals surface area (Å²) in [5.74, 6) is 0.130. The zero-order chi connectivity index (χ0) is 43.0. The topological polar surface area (TPSA) is 78.4 Å². The van der Waals surface area contributed by atoms with Gasteiger partial charge in [0.1, 0.15) is 11.5 Å². The minimum absolute atomic E-state index is 0.0353. The number of para-hydroxylation sites is 4. The van der Waals surface area contributed by atoms with Gasteiger partial charge in [-0.2, -0.15) is 0 Å². The van der Waals surface area contributed by atoms with E-state index in [0.717, 1.165) is 83.8 Å². The number of rotatable bonds is 10. The Bertz CT molecular complexity index is 3080. The van der Waals surface area contributed by atoms with E-state index in [1.54, 1.807) is 24.3 Å². The second-order valence-electron chi connectivity index (χ2n) is 16.7. The predicted octanol–water partition coefficient (Wildman–Crippen LogP) is 13.2. The second kappa shape index (κ2) is 16.4. The van der Waals surface area contributed by atoms with Crippen molar-refractivity contribution in [2.45, 2.75) is 56.8 Å². The van der Waals surface area contributed by atoms with Gasteiger partial charge in [-0.25, -0.2) is 9.97 Å². The van der Waals surface area contributed by atoms with E-state index >= 15 is 0 Å². The van der Waals surface area contributed by atoms with Crippen LogP contribution in [0.1, 0.15) is 68.3 Å². The fourth-order valence-corrected chi connectivity index (χ4v) is 9.85. The summed E-state index contributed by atoms with van der Waals surface area (Å²) in [6.07, 6.45) is 10.4. The molecule has 308 valence electrons. The molecule has 0 saturated heterocycles. The highest BCUT2D eigenvalue weighted by Crippen LogP contribution is 2.58. The smallest absolute Gasteiger partial charge is 0.312 e. The fraction of sp³-hybridized carbons (Fsp3) is 0.158. The van der Waals surface area contributed by atoms with Crippen LogP contribution in [0.3, 0.4) is 0 Å². The summed E-state index contributed by atoms with van der Waals surface area (Å²) in [7, 11) is 0. The highest BCUT2D eigenvalue weighted by molar-refractivity contribution is 5.97. The Morgan fingerprint density at radius 2 is 1.06 bits per heavy atom. The van der Waals surface area contributed by atoms with Crippen LogP contribution in [0.25, 0.3) is 49.4 Å². The summed E-state index contributed by atoms with van der Waals surface area (Å²) in [6, 6.07) is 51.9. The summed E-state index contributed by atoms with van der Waals surface area (Å²) < 4.78 is 12.5. The molecule has 0 N–H and O–H groups in total. The van der Waals surface area contributed by atoms with E-state index in [1.807, 2.05) is 84.9 Å². The molecule has 63 heavy (non-hydrogen) atoms. The van der Waals surface area contributed by atoms with Crippen LogP contribution in [-0.2, 0) is 20.4 Å². The highest BCUT2D eigenvalue weighted by Gasteiger charge is 2.53. The first kappa shape index (κ1) is 39.7. The molecule has 0 radical (unpaired) electrons. The molecule has 6 heteroatoms. The maximum Gasteiger partial charge on any atom is 0.312 e. The third-order valence-electron chi connectivity index (χ3n) is 12.8. The quantitative estimate of drug-likeness (QED) is 0.101. The van der Waals surface area contributed by atoms with Crippen LogP contribution < -0.4 is 9.47 Å². The van der Waals surface area contributed by atoms with Crippen LogP contribution in [0.4, 0.5) is 0 Å². The van der Waals surface area contributed by atoms with Crippen molar-refractivity contribution < 1.29 is 19.1 Å². The number of carbonyl (C=O) groups is 2. The molecule has 0 spiro atoms. The molecule has 2 heterocycles. The van der Waals surface area contributed by atoms with Gasteiger partial charge in [0, 0.05) is 27.2 Å². The van der Waals surface area contributed by atoms with Crippen molar-refractivity contribution in [1.29, 1.82) is 0 Å². The molecule has 6 aromatic carbocycles. The first-order chi connectivity index (χ1) is 30.8. The van der Waals surface area contributed by atoms with E-state index in [9.17, 15) is 9.59 Å². The molecule has 2 aliphatic rings. The van der Waals surface area contributed by atoms with Gasteiger partial charge < -0.3 is 9.47 Å². The standard InChI is InChI=1S/C57H46N2O4/c1-3-38-18-17-29-56(35-52(60)62-44-23-7-5-8-24-44,48-33-42-21-13-15-27-50(42)58-54(48)39(4-2)30-38)37-57(36-53(61)63-45-25-9-6-10-26-45)47-32-41-20-12-11-19-40(41)31-46(47)55-49(57)34-43-22-14-16-28-51(43)59-55/h5-34H,3-4,35-37H2,1-2H3/b29-17-,38-18?,39-30?. The third-order valence-corrected chi connectivity index (χ3v) is 12.8. The Morgan fingerprint density at radius 1 is 0.540 bits per heavy atom. The number of carbonyl (C=O) groups excluding carboxylic acids is 2. The van der Waals surface area contributed by atoms with Crippen LogP contribution in [0.15, 0.2) is 188 Å². The summed E-state index contributed by atoms with van der Waals surface area (Å²) in [4.78, 5) is 40.7. The molecular formula is C57H46N2O4. The lowest BCUT2D eigenvalue weighted by molar-refractivity contribution is -0.135. The molecule has 0 bridgehead atoms. The zero-order valence-electron chi connectivity index (χ0n) is 35.4. The lowest BCUT2D eigenvalue weighted by Gasteiger charge is -2.42. The van der Waals surface area contributed by atoms with Gasteiger partial charge in [-0.3, -0.25) is 9.59 Å². The lowest BCUT2D eigenvalue weighted by Crippen LogP contribution is -2.41. The summed E-state index contributed by atoms with van der Waals surface area (Å²) in [6.45, 7) is 4.31. The van der Waals surface area contributed by atoms with Gasteiger partial charge in [-0.05, 0) is 119 Å². The molecule has 2 aliphatic carbocycles. The summed E-state index contributed by atoms with van der Waals surface area (Å²) in [5.41, 5.74) is 7.11. The number of allylic oxidation sites excluding steroid dienone is 6. The number of pyridine rings is 2. The van der Waals surface area contributed by atoms with Crippen molar-refractivity contribution in [1.82, 2.24) is 9.97 Å². The van der Waals surface area contributed by atoms with Crippen LogP contribution in [-0.4, -0.2) is 21.9 Å². The Kier molecular flexibility index (Phi) is 10.4. The van der Waals surface area contributed by atoms with Gasteiger partial charge in [-0.15, -0.1) is 0 Å². The van der Waals surface area contributed by atoms with Gasteiger partial charge in [0.05, 0.1) is 35.3 Å². The van der Waals surface area contributed by atoms with E-state index in [-0.39, 0.29) is 19.3 Å². The molecule has 6 nitrogen and oxygen atoms in total. The number of esters is 2. The van der Waals surface area contributed by atoms with Crippen LogP contribution in [0, 0.1) is 0 Å². The van der Waals surface area contributed by atoms with Crippen LogP contribution >= 0.6 is 0 Å². The number of ether oxygens (including phenoxy) is 2. The zero-order valence-corrected chi connectivity index (χ0v) is 35.4. The second-order valence-corrected chi connectivity index (χ2v) is 16.7. The monoisotopic (exact) mass is 822 g/mol. The minimum Gasteiger partial charge on any atom is -0.426 e. The molecular weight excluding hydrogens is 777 g/mol. The average molecular weight is 823 g/mol. The molecule has 0 amide bonds. The molecule has 2 unspecified atom stereocenters. The normalized spacial score (nSPS) is 18.3. The van der Waals surface area contributed by atoms with Gasteiger partial charge in [0.2, 0.25) is 0 Å². The predicted molar refractivity (Wildman–Crippen MR) is 253 cm³/mol. The fourth-order valence-electron chi connectivity index (χ4n) is 9.85. The summed E-state index contributed by atoms with van der Waals surface area (Å²) >= 11 is 0. The van der Waals surface area contributed by atoms with E-state index in [0.29, 0.717) is 17.9 Å². The lowest BCUT2D eigenvalue weighted by atomic mass is 9.60. The van der Waals surface area contributed by atoms with Gasteiger partial charge in [-0.1, -0.05) is 135 Å². The number of hydrogen-bond donors (Lipinski definition) is 0. The van der Waals surface area contributed by atoms with Crippen molar-refractivity contribution >= 4 is 50.1 Å². The van der Waals surface area contributed by atoms with Crippen molar-refractivity contribution in [3.63, 3.8) is 0 Å². The number of nitrogens with zero attached hydrogens (tertiary/aromatic N) is 2. The Balaban J connectivity index is 1.30. The van der Waals surface area contributed by atoms with Gasteiger partial charge >= 0.3 is 11.9 Å². The van der Waals surface area contributed by atoms with E-state index < -0.39 is 22.8 Å². The maximum atomic E-state index is 14.9. The third kappa shape index (κ3) is 7.42.